The van der Waals surface area contributed by atoms with Crippen molar-refractivity contribution in [1.29, 1.82) is 0 Å². The lowest BCUT2D eigenvalue weighted by atomic mass is 10.3. The van der Waals surface area contributed by atoms with Gasteiger partial charge < -0.3 is 9.26 Å². The van der Waals surface area contributed by atoms with Crippen LogP contribution in [0.1, 0.15) is 19.5 Å². The second-order valence-electron chi connectivity index (χ2n) is 1.92. The molecule has 0 fully saturated rings. The summed E-state index contributed by atoms with van der Waals surface area (Å²) in [5.41, 5.74) is 0.934. The number of hydrogen-bond donors (Lipinski definition) is 0. The molecule has 0 amide bonds. The first-order chi connectivity index (χ1) is 4.86. The molecule has 0 aromatic carbocycles. The van der Waals surface area contributed by atoms with Crippen LogP contribution in [0.3, 0.4) is 0 Å². The zero-order valence-electron chi connectivity index (χ0n) is 6.26. The number of hydrogen-bond acceptors (Lipinski definition) is 3. The van der Waals surface area contributed by atoms with E-state index in [1.165, 1.54) is 0 Å². The van der Waals surface area contributed by atoms with Crippen LogP contribution in [-0.2, 0) is 6.42 Å². The standard InChI is InChI=1S/C7H11NO2/c1-3-6-5-7(9-4-2)10-8-6/h5H,3-4H2,1-2H3. The molecule has 0 aliphatic heterocycles. The van der Waals surface area contributed by atoms with Gasteiger partial charge in [-0.3, -0.25) is 0 Å². The summed E-state index contributed by atoms with van der Waals surface area (Å²) in [7, 11) is 0. The summed E-state index contributed by atoms with van der Waals surface area (Å²) in [4.78, 5) is 0. The van der Waals surface area contributed by atoms with E-state index >= 15 is 0 Å². The third-order valence-corrected chi connectivity index (χ3v) is 1.19. The van der Waals surface area contributed by atoms with E-state index < -0.39 is 0 Å². The Bertz CT molecular complexity index is 195. The Morgan fingerprint density at radius 2 is 2.40 bits per heavy atom. The number of rotatable bonds is 3. The van der Waals surface area contributed by atoms with Crippen molar-refractivity contribution in [3.8, 4) is 5.95 Å². The molecule has 0 aliphatic carbocycles. The molecule has 0 spiro atoms. The molecule has 1 aromatic rings. The Kier molecular flexibility index (Phi) is 2.31. The largest absolute Gasteiger partial charge is 0.464 e. The predicted molar refractivity (Wildman–Crippen MR) is 37.0 cm³/mol. The average molecular weight is 141 g/mol. The van der Waals surface area contributed by atoms with E-state index in [-0.39, 0.29) is 0 Å². The SMILES string of the molecule is CCOc1cc(CC)no1. The molecule has 0 saturated heterocycles. The van der Waals surface area contributed by atoms with Gasteiger partial charge >= 0.3 is 5.95 Å². The number of ether oxygens (including phenoxy) is 1. The first-order valence-electron chi connectivity index (χ1n) is 3.45. The van der Waals surface area contributed by atoms with Crippen LogP contribution >= 0.6 is 0 Å². The van der Waals surface area contributed by atoms with E-state index in [1.54, 1.807) is 0 Å². The first kappa shape index (κ1) is 7.12. The molecule has 1 rings (SSSR count). The molecule has 3 heteroatoms. The second-order valence-corrected chi connectivity index (χ2v) is 1.92. The lowest BCUT2D eigenvalue weighted by Gasteiger charge is -1.91. The fraction of sp³-hybridized carbons (Fsp3) is 0.571. The fourth-order valence-corrected chi connectivity index (χ4v) is 0.669. The van der Waals surface area contributed by atoms with Crippen LogP contribution in [0.25, 0.3) is 0 Å². The molecule has 0 bridgehead atoms. The molecule has 0 atom stereocenters. The number of nitrogens with zero attached hydrogens (tertiary/aromatic N) is 1. The molecular formula is C7H11NO2. The Morgan fingerprint density at radius 1 is 1.60 bits per heavy atom. The van der Waals surface area contributed by atoms with Crippen LogP contribution in [0, 0.1) is 0 Å². The summed E-state index contributed by atoms with van der Waals surface area (Å²) in [6, 6.07) is 1.81. The maximum Gasteiger partial charge on any atom is 0.311 e. The minimum absolute atomic E-state index is 0.513. The van der Waals surface area contributed by atoms with Crippen molar-refractivity contribution in [3.63, 3.8) is 0 Å². The highest BCUT2D eigenvalue weighted by molar-refractivity contribution is 5.09. The molecule has 10 heavy (non-hydrogen) atoms. The smallest absolute Gasteiger partial charge is 0.311 e. The quantitative estimate of drug-likeness (QED) is 0.641. The number of aromatic nitrogens is 1. The van der Waals surface area contributed by atoms with Gasteiger partial charge in [0.1, 0.15) is 0 Å². The van der Waals surface area contributed by atoms with E-state index in [9.17, 15) is 0 Å². The van der Waals surface area contributed by atoms with Crippen molar-refractivity contribution < 1.29 is 9.26 Å². The second kappa shape index (κ2) is 3.25. The van der Waals surface area contributed by atoms with Crippen molar-refractivity contribution in [2.24, 2.45) is 0 Å². The summed E-state index contributed by atoms with van der Waals surface area (Å²) < 4.78 is 9.88. The minimum atomic E-state index is 0.513. The van der Waals surface area contributed by atoms with Gasteiger partial charge in [0.2, 0.25) is 0 Å². The van der Waals surface area contributed by atoms with Gasteiger partial charge in [-0.25, -0.2) is 0 Å². The zero-order valence-corrected chi connectivity index (χ0v) is 6.26. The van der Waals surface area contributed by atoms with E-state index in [2.05, 4.69) is 5.16 Å². The summed E-state index contributed by atoms with van der Waals surface area (Å²) in [5.74, 6) is 0.513. The van der Waals surface area contributed by atoms with Gasteiger partial charge in [0.05, 0.1) is 12.3 Å². The van der Waals surface area contributed by atoms with Gasteiger partial charge in [-0.1, -0.05) is 12.1 Å². The molecule has 0 aliphatic rings. The predicted octanol–water partition coefficient (Wildman–Crippen LogP) is 1.64. The Morgan fingerprint density at radius 3 is 2.90 bits per heavy atom. The Labute approximate surface area is 60.0 Å². The lowest BCUT2D eigenvalue weighted by molar-refractivity contribution is 0.224. The maximum atomic E-state index is 5.06. The molecule has 0 radical (unpaired) electrons. The summed E-state index contributed by atoms with van der Waals surface area (Å²) in [6.07, 6.45) is 0.885. The maximum absolute atomic E-state index is 5.06. The van der Waals surface area contributed by atoms with Gasteiger partial charge in [0.15, 0.2) is 0 Å². The van der Waals surface area contributed by atoms with Gasteiger partial charge in [0.25, 0.3) is 0 Å². The van der Waals surface area contributed by atoms with Crippen LogP contribution in [0.2, 0.25) is 0 Å². The highest BCUT2D eigenvalue weighted by atomic mass is 16.6. The van der Waals surface area contributed by atoms with E-state index in [0.29, 0.717) is 12.6 Å². The third kappa shape index (κ3) is 1.50. The van der Waals surface area contributed by atoms with Crippen molar-refractivity contribution in [1.82, 2.24) is 5.16 Å². The van der Waals surface area contributed by atoms with Gasteiger partial charge in [-0.2, -0.15) is 0 Å². The summed E-state index contributed by atoms with van der Waals surface area (Å²) in [6.45, 7) is 4.56. The van der Waals surface area contributed by atoms with Crippen LogP contribution in [-0.4, -0.2) is 11.8 Å². The van der Waals surface area contributed by atoms with Crippen LogP contribution in [0.15, 0.2) is 10.6 Å². The van der Waals surface area contributed by atoms with Crippen molar-refractivity contribution in [2.45, 2.75) is 20.3 Å². The highest BCUT2D eigenvalue weighted by Crippen LogP contribution is 2.11. The average Bonchev–Trinajstić information content (AvgIpc) is 2.37. The molecule has 0 N–H and O–H groups in total. The fourth-order valence-electron chi connectivity index (χ4n) is 0.669. The zero-order chi connectivity index (χ0) is 7.40. The van der Waals surface area contributed by atoms with Crippen molar-refractivity contribution >= 4 is 0 Å². The van der Waals surface area contributed by atoms with Crippen LogP contribution in [0.4, 0.5) is 0 Å². The van der Waals surface area contributed by atoms with Crippen molar-refractivity contribution in [3.05, 3.63) is 11.8 Å². The van der Waals surface area contributed by atoms with Crippen LogP contribution < -0.4 is 4.74 Å². The van der Waals surface area contributed by atoms with E-state index in [4.69, 9.17) is 9.26 Å². The highest BCUT2D eigenvalue weighted by Gasteiger charge is 2.00. The lowest BCUT2D eigenvalue weighted by Crippen LogP contribution is -1.88. The molecule has 1 aromatic heterocycles. The summed E-state index contributed by atoms with van der Waals surface area (Å²) in [5, 5.41) is 3.75. The van der Waals surface area contributed by atoms with Gasteiger partial charge in [-0.15, -0.1) is 0 Å². The van der Waals surface area contributed by atoms with E-state index in [1.807, 2.05) is 19.9 Å². The van der Waals surface area contributed by atoms with Crippen molar-refractivity contribution in [2.75, 3.05) is 6.61 Å². The molecule has 0 saturated carbocycles. The van der Waals surface area contributed by atoms with Gasteiger partial charge in [0, 0.05) is 6.07 Å². The molecular weight excluding hydrogens is 130 g/mol. The topological polar surface area (TPSA) is 35.3 Å². The Hall–Kier alpha value is -0.990. The van der Waals surface area contributed by atoms with Gasteiger partial charge in [-0.05, 0) is 13.3 Å². The van der Waals surface area contributed by atoms with E-state index in [0.717, 1.165) is 12.1 Å². The van der Waals surface area contributed by atoms with Crippen LogP contribution in [0.5, 0.6) is 5.95 Å². The third-order valence-electron chi connectivity index (χ3n) is 1.19. The Balaban J connectivity index is 2.59. The summed E-state index contributed by atoms with van der Waals surface area (Å²) >= 11 is 0. The number of aryl methyl sites for hydroxylation is 1. The molecule has 56 valence electrons. The normalized spacial score (nSPS) is 9.80. The molecule has 3 nitrogen and oxygen atoms in total. The molecule has 1 heterocycles. The monoisotopic (exact) mass is 141 g/mol. The minimum Gasteiger partial charge on any atom is -0.464 e. The molecule has 0 unspecified atom stereocenters. The first-order valence-corrected chi connectivity index (χ1v) is 3.45.